The van der Waals surface area contributed by atoms with Gasteiger partial charge in [0.1, 0.15) is 5.52 Å². The summed E-state index contributed by atoms with van der Waals surface area (Å²) < 4.78 is 5.48. The van der Waals surface area contributed by atoms with Gasteiger partial charge in [-0.3, -0.25) is 9.78 Å². The smallest absolute Gasteiger partial charge is 0.253 e. The number of carbonyl (C=O) groups is 1. The van der Waals surface area contributed by atoms with Gasteiger partial charge in [-0.25, -0.2) is 0 Å². The van der Waals surface area contributed by atoms with Gasteiger partial charge in [0, 0.05) is 36.5 Å². The Morgan fingerprint density at radius 2 is 2.21 bits per heavy atom. The van der Waals surface area contributed by atoms with E-state index in [-0.39, 0.29) is 5.91 Å². The number of pyridine rings is 1. The van der Waals surface area contributed by atoms with Gasteiger partial charge in [0.05, 0.1) is 17.5 Å². The number of carbonyl (C=O) groups excluding carboxylic acids is 1. The van der Waals surface area contributed by atoms with Crippen molar-refractivity contribution in [2.24, 2.45) is 0 Å². The Balaban J connectivity index is 1.93. The summed E-state index contributed by atoms with van der Waals surface area (Å²) in [6, 6.07) is 5.59. The highest BCUT2D eigenvalue weighted by Crippen LogP contribution is 2.29. The number of H-pyrrole nitrogens is 1. The zero-order chi connectivity index (χ0) is 12.8. The number of furan rings is 1. The van der Waals surface area contributed by atoms with Crippen molar-refractivity contribution in [1.29, 1.82) is 0 Å². The van der Waals surface area contributed by atoms with Gasteiger partial charge in [-0.15, -0.1) is 0 Å². The highest BCUT2D eigenvalue weighted by atomic mass is 16.3. The van der Waals surface area contributed by atoms with E-state index in [1.807, 2.05) is 18.2 Å². The van der Waals surface area contributed by atoms with E-state index in [9.17, 15) is 4.79 Å². The van der Waals surface area contributed by atoms with Crippen molar-refractivity contribution < 1.29 is 9.21 Å². The predicted octanol–water partition coefficient (Wildman–Crippen LogP) is 2.11. The van der Waals surface area contributed by atoms with Crippen molar-refractivity contribution in [3.8, 4) is 11.3 Å². The summed E-state index contributed by atoms with van der Waals surface area (Å²) in [5.74, 6) is -0.0199. The van der Waals surface area contributed by atoms with Crippen LogP contribution in [0.3, 0.4) is 0 Å². The Kier molecular flexibility index (Phi) is 2.03. The number of aromatic amines is 1. The average Bonchev–Trinajstić information content (AvgIpc) is 3.05. The molecule has 3 aromatic heterocycles. The van der Waals surface area contributed by atoms with Crippen LogP contribution < -0.4 is 5.32 Å². The average molecular weight is 253 g/mol. The first kappa shape index (κ1) is 10.4. The second-order valence-corrected chi connectivity index (χ2v) is 4.57. The van der Waals surface area contributed by atoms with Gasteiger partial charge < -0.3 is 14.7 Å². The minimum atomic E-state index is -0.0199. The van der Waals surface area contributed by atoms with E-state index in [4.69, 9.17) is 4.42 Å². The van der Waals surface area contributed by atoms with Crippen molar-refractivity contribution in [3.63, 3.8) is 0 Å². The molecule has 0 radical (unpaired) electrons. The van der Waals surface area contributed by atoms with E-state index in [0.717, 1.165) is 40.0 Å². The molecule has 0 aliphatic carbocycles. The molecule has 0 bridgehead atoms. The molecule has 1 amide bonds. The van der Waals surface area contributed by atoms with Crippen LogP contribution in [0.2, 0.25) is 0 Å². The summed E-state index contributed by atoms with van der Waals surface area (Å²) in [5, 5.41) is 2.84. The number of fused-ring (bicyclic) bond motifs is 2. The molecule has 0 spiro atoms. The van der Waals surface area contributed by atoms with Crippen LogP contribution in [-0.4, -0.2) is 22.4 Å². The molecule has 0 aromatic carbocycles. The summed E-state index contributed by atoms with van der Waals surface area (Å²) in [7, 11) is 0. The quantitative estimate of drug-likeness (QED) is 0.697. The van der Waals surface area contributed by atoms with Gasteiger partial charge in [0.15, 0.2) is 5.58 Å². The van der Waals surface area contributed by atoms with Gasteiger partial charge in [-0.05, 0) is 12.1 Å². The van der Waals surface area contributed by atoms with Crippen LogP contribution in [0.5, 0.6) is 0 Å². The maximum Gasteiger partial charge on any atom is 0.253 e. The van der Waals surface area contributed by atoms with E-state index in [0.29, 0.717) is 6.54 Å². The largest absolute Gasteiger partial charge is 0.462 e. The molecular formula is C14H11N3O2. The molecule has 0 fully saturated rings. The fourth-order valence-corrected chi connectivity index (χ4v) is 2.52. The van der Waals surface area contributed by atoms with Gasteiger partial charge in [0.2, 0.25) is 0 Å². The maximum absolute atomic E-state index is 11.8. The molecular weight excluding hydrogens is 242 g/mol. The Bertz CT molecular complexity index is 785. The predicted molar refractivity (Wildman–Crippen MR) is 69.8 cm³/mol. The summed E-state index contributed by atoms with van der Waals surface area (Å²) in [6.07, 6.45) is 4.19. The van der Waals surface area contributed by atoms with Gasteiger partial charge in [-0.1, -0.05) is 0 Å². The van der Waals surface area contributed by atoms with E-state index >= 15 is 0 Å². The summed E-state index contributed by atoms with van der Waals surface area (Å²) in [4.78, 5) is 19.3. The molecule has 0 saturated heterocycles. The number of nitrogens with zero attached hydrogens (tertiary/aromatic N) is 1. The molecule has 1 aliphatic rings. The third-order valence-electron chi connectivity index (χ3n) is 3.44. The molecule has 0 saturated carbocycles. The van der Waals surface area contributed by atoms with E-state index in [2.05, 4.69) is 15.3 Å². The van der Waals surface area contributed by atoms with E-state index < -0.39 is 0 Å². The van der Waals surface area contributed by atoms with Crippen LogP contribution in [0.1, 0.15) is 16.1 Å². The second kappa shape index (κ2) is 3.71. The first-order valence-electron chi connectivity index (χ1n) is 6.15. The molecule has 3 aromatic rings. The van der Waals surface area contributed by atoms with Crippen molar-refractivity contribution in [2.75, 3.05) is 6.54 Å². The lowest BCUT2D eigenvalue weighted by Crippen LogP contribution is -2.31. The normalized spacial score (nSPS) is 14.4. The number of rotatable bonds is 1. The molecule has 0 unspecified atom stereocenters. The molecule has 0 atom stereocenters. The maximum atomic E-state index is 11.8. The Hall–Kier alpha value is -2.56. The van der Waals surface area contributed by atoms with Gasteiger partial charge in [0.25, 0.3) is 5.91 Å². The van der Waals surface area contributed by atoms with E-state index in [1.165, 1.54) is 0 Å². The number of hydrogen-bond acceptors (Lipinski definition) is 3. The number of amides is 1. The molecule has 94 valence electrons. The Morgan fingerprint density at radius 1 is 1.26 bits per heavy atom. The minimum Gasteiger partial charge on any atom is -0.462 e. The van der Waals surface area contributed by atoms with Crippen molar-refractivity contribution >= 4 is 17.0 Å². The van der Waals surface area contributed by atoms with E-state index in [1.54, 1.807) is 12.5 Å². The van der Waals surface area contributed by atoms with Gasteiger partial charge in [-0.2, -0.15) is 0 Å². The Labute approximate surface area is 108 Å². The second-order valence-electron chi connectivity index (χ2n) is 4.57. The standard InChI is InChI=1S/C14H11N3O2/c18-14-9-7-12(17-10(9)2-5-16-14)8-1-4-15-11-3-6-19-13(8)11/h1,3-4,6-7,17H,2,5H2,(H,16,18). The van der Waals surface area contributed by atoms with Crippen molar-refractivity contribution in [1.82, 2.24) is 15.3 Å². The number of aromatic nitrogens is 2. The molecule has 5 heteroatoms. The minimum absolute atomic E-state index is 0.0199. The molecule has 2 N–H and O–H groups in total. The van der Waals surface area contributed by atoms with Crippen LogP contribution in [0.15, 0.2) is 35.1 Å². The summed E-state index contributed by atoms with van der Waals surface area (Å²) in [5.41, 5.74) is 5.07. The lowest BCUT2D eigenvalue weighted by atomic mass is 10.1. The number of hydrogen-bond donors (Lipinski definition) is 2. The fourth-order valence-electron chi connectivity index (χ4n) is 2.52. The molecule has 4 rings (SSSR count). The third-order valence-corrected chi connectivity index (χ3v) is 3.44. The molecule has 4 heterocycles. The van der Waals surface area contributed by atoms with Crippen LogP contribution in [0.25, 0.3) is 22.4 Å². The first-order chi connectivity index (χ1) is 9.33. The molecule has 19 heavy (non-hydrogen) atoms. The molecule has 1 aliphatic heterocycles. The van der Waals surface area contributed by atoms with Crippen LogP contribution in [-0.2, 0) is 6.42 Å². The van der Waals surface area contributed by atoms with Crippen molar-refractivity contribution in [3.05, 3.63) is 41.9 Å². The zero-order valence-corrected chi connectivity index (χ0v) is 10.1. The Morgan fingerprint density at radius 3 is 3.11 bits per heavy atom. The van der Waals surface area contributed by atoms with Gasteiger partial charge >= 0.3 is 0 Å². The summed E-state index contributed by atoms with van der Waals surface area (Å²) in [6.45, 7) is 0.679. The molecule has 5 nitrogen and oxygen atoms in total. The SMILES string of the molecule is O=C1NCCc2[nH]c(-c3ccnc4ccoc34)cc21. The highest BCUT2D eigenvalue weighted by molar-refractivity contribution is 5.99. The topological polar surface area (TPSA) is 70.9 Å². The fraction of sp³-hybridized carbons (Fsp3) is 0.143. The third kappa shape index (κ3) is 1.48. The van der Waals surface area contributed by atoms with Crippen LogP contribution in [0, 0.1) is 0 Å². The number of nitrogens with one attached hydrogen (secondary N) is 2. The summed E-state index contributed by atoms with van der Waals surface area (Å²) >= 11 is 0. The highest BCUT2D eigenvalue weighted by Gasteiger charge is 2.21. The monoisotopic (exact) mass is 253 g/mol. The van der Waals surface area contributed by atoms with Crippen LogP contribution >= 0.6 is 0 Å². The zero-order valence-electron chi connectivity index (χ0n) is 10.1. The lowest BCUT2D eigenvalue weighted by molar-refractivity contribution is 0.0946. The van der Waals surface area contributed by atoms with Crippen LogP contribution in [0.4, 0.5) is 0 Å². The van der Waals surface area contributed by atoms with Crippen molar-refractivity contribution in [2.45, 2.75) is 6.42 Å². The lowest BCUT2D eigenvalue weighted by Gasteiger charge is -2.10. The first-order valence-corrected chi connectivity index (χ1v) is 6.15.